The van der Waals surface area contributed by atoms with E-state index in [0.29, 0.717) is 0 Å². The maximum atomic E-state index is 9.75. The van der Waals surface area contributed by atoms with Crippen LogP contribution in [0.25, 0.3) is 89.4 Å². The summed E-state index contributed by atoms with van der Waals surface area (Å²) in [6.45, 7) is 12.9. The Kier molecular flexibility index (Phi) is 14.6. The summed E-state index contributed by atoms with van der Waals surface area (Å²) in [5.74, 6) is 0. The van der Waals surface area contributed by atoms with Crippen LogP contribution in [0.4, 0.5) is 17.3 Å². The molecular formula is C60H50BCuF4N4. The molecule has 10 heteroatoms. The van der Waals surface area contributed by atoms with Crippen LogP contribution in [0.2, 0.25) is 0 Å². The minimum absolute atomic E-state index is 0. The molecule has 0 radical (unpaired) electrons. The van der Waals surface area contributed by atoms with Crippen LogP contribution in [0.15, 0.2) is 170 Å². The molecule has 4 nitrogen and oxygen atoms in total. The Labute approximate surface area is 417 Å². The molecule has 4 heterocycles. The Morgan fingerprint density at radius 1 is 0.357 bits per heavy atom. The zero-order valence-electron chi connectivity index (χ0n) is 39.8. The van der Waals surface area contributed by atoms with Crippen molar-refractivity contribution in [2.75, 3.05) is 0 Å². The zero-order chi connectivity index (χ0) is 48.4. The van der Waals surface area contributed by atoms with Crippen molar-refractivity contribution < 1.29 is 34.3 Å². The average Bonchev–Trinajstić information content (AvgIpc) is 3.32. The Balaban J connectivity index is 0.000000171. The number of rotatable bonds is 5. The van der Waals surface area contributed by atoms with E-state index in [4.69, 9.17) is 19.9 Å². The van der Waals surface area contributed by atoms with Crippen LogP contribution >= 0.6 is 0 Å². The molecule has 0 unspecified atom stereocenters. The molecule has 4 aromatic heterocycles. The topological polar surface area (TPSA) is 51.6 Å². The SMILES string of the molecule is Cc1cc(C)c(-c2cccc(-c3cccc(-c4c(C)cc(C)cc4C)n3)n2)c(C)c1.F[B-](F)(F)F.[Cu+].c1ccc(-c2c3c(nc4ccccc24)-c2nc4ccccc4c(-c4ccccc4)c2CC3)cc1. The Morgan fingerprint density at radius 2 is 0.671 bits per heavy atom. The van der Waals surface area contributed by atoms with E-state index >= 15 is 0 Å². The second kappa shape index (κ2) is 20.8. The summed E-state index contributed by atoms with van der Waals surface area (Å²) in [5, 5.41) is 2.42. The van der Waals surface area contributed by atoms with E-state index in [2.05, 4.69) is 199 Å². The molecule has 0 spiro atoms. The second-order valence-corrected chi connectivity index (χ2v) is 17.8. The molecule has 0 saturated carbocycles. The molecule has 1 aliphatic rings. The third-order valence-electron chi connectivity index (χ3n) is 12.6. The van der Waals surface area contributed by atoms with Crippen molar-refractivity contribution in [3.05, 3.63) is 214 Å². The van der Waals surface area contributed by atoms with Gasteiger partial charge in [0.05, 0.1) is 45.2 Å². The van der Waals surface area contributed by atoms with Gasteiger partial charge in [0.2, 0.25) is 0 Å². The van der Waals surface area contributed by atoms with Gasteiger partial charge in [-0.2, -0.15) is 0 Å². The number of benzene rings is 6. The van der Waals surface area contributed by atoms with Crippen LogP contribution in [-0.2, 0) is 29.9 Å². The van der Waals surface area contributed by atoms with Crippen molar-refractivity contribution in [3.63, 3.8) is 0 Å². The molecule has 70 heavy (non-hydrogen) atoms. The van der Waals surface area contributed by atoms with Gasteiger partial charge in [-0.05, 0) is 146 Å². The van der Waals surface area contributed by atoms with Crippen LogP contribution in [0, 0.1) is 41.5 Å². The van der Waals surface area contributed by atoms with Gasteiger partial charge in [0, 0.05) is 21.9 Å². The van der Waals surface area contributed by atoms with Crippen molar-refractivity contribution in [3.8, 4) is 67.5 Å². The Bertz CT molecular complexity index is 3250. The van der Waals surface area contributed by atoms with Crippen molar-refractivity contribution in [1.82, 2.24) is 19.9 Å². The number of nitrogens with zero attached hydrogens (tertiary/aromatic N) is 4. The predicted octanol–water partition coefficient (Wildman–Crippen LogP) is 16.5. The molecule has 0 amide bonds. The third-order valence-corrected chi connectivity index (χ3v) is 12.6. The summed E-state index contributed by atoms with van der Waals surface area (Å²) in [6.07, 6.45) is 1.90. The van der Waals surface area contributed by atoms with Crippen LogP contribution in [0.3, 0.4) is 0 Å². The quantitative estimate of drug-likeness (QED) is 0.127. The average molecular weight is 977 g/mol. The normalized spacial score (nSPS) is 11.6. The van der Waals surface area contributed by atoms with Crippen LogP contribution in [0.5, 0.6) is 0 Å². The van der Waals surface area contributed by atoms with Gasteiger partial charge in [-0.1, -0.05) is 145 Å². The summed E-state index contributed by atoms with van der Waals surface area (Å²) in [5.41, 5.74) is 25.6. The molecule has 352 valence electrons. The fourth-order valence-electron chi connectivity index (χ4n) is 10.1. The Morgan fingerprint density at radius 3 is 1.03 bits per heavy atom. The van der Waals surface area contributed by atoms with E-state index in [0.717, 1.165) is 58.0 Å². The fourth-order valence-corrected chi connectivity index (χ4v) is 10.1. The first-order valence-corrected chi connectivity index (χ1v) is 23.1. The van der Waals surface area contributed by atoms with Gasteiger partial charge in [-0.25, -0.2) is 19.9 Å². The number of fused-ring (bicyclic) bond motifs is 5. The van der Waals surface area contributed by atoms with Gasteiger partial charge in [-0.15, -0.1) is 0 Å². The molecule has 0 atom stereocenters. The number of aryl methyl sites for hydroxylation is 6. The fraction of sp³-hybridized carbons (Fsp3) is 0.133. The molecule has 0 aliphatic heterocycles. The van der Waals surface area contributed by atoms with Gasteiger partial charge < -0.3 is 17.3 Å². The predicted molar refractivity (Wildman–Crippen MR) is 278 cm³/mol. The standard InChI is InChI=1S/C32H22N2.C28H28N2.BF4.Cu/c1-3-11-21(12-4-1)29-23-15-7-9-17-27(23)33-31-25(29)19-20-26-30(22-13-5-2-6-14-22)24-16-8-10-18-28(24)34-32(26)31;1-17-13-19(3)27(20(4)14-17)25-11-7-9-23(29-25)24-10-8-12-26(30-24)28-21(5)15-18(2)16-22(28)6;2-1(3,4)5;/h1-18H,19-20H2;7-16H,1-6H3;;/q;;-1;+1. The summed E-state index contributed by atoms with van der Waals surface area (Å²) in [6, 6.07) is 59.8. The summed E-state index contributed by atoms with van der Waals surface area (Å²) in [4.78, 5) is 20.4. The van der Waals surface area contributed by atoms with Gasteiger partial charge in [0.1, 0.15) is 0 Å². The first kappa shape index (κ1) is 49.2. The first-order valence-electron chi connectivity index (χ1n) is 23.1. The van der Waals surface area contributed by atoms with Crippen molar-refractivity contribution >= 4 is 29.1 Å². The van der Waals surface area contributed by atoms with E-state index < -0.39 is 7.25 Å². The molecule has 10 aromatic rings. The van der Waals surface area contributed by atoms with Gasteiger partial charge in [0.25, 0.3) is 0 Å². The number of hydrogen-bond acceptors (Lipinski definition) is 4. The van der Waals surface area contributed by atoms with Crippen molar-refractivity contribution in [1.29, 1.82) is 0 Å². The Hall–Kier alpha value is -7.26. The largest absolute Gasteiger partial charge is 1.00 e. The van der Waals surface area contributed by atoms with Crippen molar-refractivity contribution in [2.24, 2.45) is 0 Å². The minimum atomic E-state index is -6.00. The van der Waals surface area contributed by atoms with E-state index in [1.54, 1.807) is 0 Å². The van der Waals surface area contributed by atoms with E-state index in [9.17, 15) is 17.3 Å². The summed E-state index contributed by atoms with van der Waals surface area (Å²) >= 11 is 0. The van der Waals surface area contributed by atoms with E-state index in [-0.39, 0.29) is 17.1 Å². The molecule has 1 aliphatic carbocycles. The molecule has 0 saturated heterocycles. The van der Waals surface area contributed by atoms with Gasteiger partial charge >= 0.3 is 24.3 Å². The zero-order valence-corrected chi connectivity index (χ0v) is 40.7. The molecule has 11 rings (SSSR count). The van der Waals surface area contributed by atoms with E-state index in [1.165, 1.54) is 88.7 Å². The summed E-state index contributed by atoms with van der Waals surface area (Å²) in [7, 11) is -6.00. The monoisotopic (exact) mass is 976 g/mol. The third kappa shape index (κ3) is 10.5. The molecular weight excluding hydrogens is 927 g/mol. The number of aromatic nitrogens is 4. The minimum Gasteiger partial charge on any atom is -0.418 e. The van der Waals surface area contributed by atoms with Crippen LogP contribution in [-0.4, -0.2) is 27.2 Å². The first-order chi connectivity index (χ1) is 33.2. The van der Waals surface area contributed by atoms with Gasteiger partial charge in [0.15, 0.2) is 0 Å². The second-order valence-electron chi connectivity index (χ2n) is 17.8. The molecule has 0 fully saturated rings. The maximum Gasteiger partial charge on any atom is 1.00 e. The smallest absolute Gasteiger partial charge is 0.418 e. The number of halogens is 4. The van der Waals surface area contributed by atoms with Crippen molar-refractivity contribution in [2.45, 2.75) is 54.4 Å². The van der Waals surface area contributed by atoms with Crippen LogP contribution in [0.1, 0.15) is 44.5 Å². The maximum absolute atomic E-state index is 9.75. The van der Waals surface area contributed by atoms with Crippen LogP contribution < -0.4 is 0 Å². The molecule has 6 aromatic carbocycles. The molecule has 0 bridgehead atoms. The number of para-hydroxylation sites is 2. The molecule has 0 N–H and O–H groups in total. The summed E-state index contributed by atoms with van der Waals surface area (Å²) < 4.78 is 39.0. The number of hydrogen-bond donors (Lipinski definition) is 0. The van der Waals surface area contributed by atoms with Gasteiger partial charge in [-0.3, -0.25) is 0 Å². The number of pyridine rings is 4. The van der Waals surface area contributed by atoms with E-state index in [1.807, 2.05) is 12.1 Å².